The van der Waals surface area contributed by atoms with Gasteiger partial charge in [0, 0.05) is 22.7 Å². The summed E-state index contributed by atoms with van der Waals surface area (Å²) in [6.07, 6.45) is 0. The van der Waals surface area contributed by atoms with Crippen molar-refractivity contribution in [2.45, 2.75) is 19.9 Å². The minimum absolute atomic E-state index is 0.0676. The molecule has 0 aliphatic carbocycles. The second-order valence-electron chi connectivity index (χ2n) is 5.98. The van der Waals surface area contributed by atoms with Crippen LogP contribution in [0.15, 0.2) is 36.4 Å². The highest BCUT2D eigenvalue weighted by molar-refractivity contribution is 6.31. The van der Waals surface area contributed by atoms with Gasteiger partial charge in [-0.15, -0.1) is 0 Å². The molecule has 0 aromatic heterocycles. The van der Waals surface area contributed by atoms with E-state index in [2.05, 4.69) is 10.6 Å². The van der Waals surface area contributed by atoms with Crippen LogP contribution in [0.25, 0.3) is 0 Å². The molecule has 2 aromatic rings. The van der Waals surface area contributed by atoms with E-state index in [1.54, 1.807) is 18.2 Å². The highest BCUT2D eigenvalue weighted by Crippen LogP contribution is 2.37. The standard InChI is InChI=1S/C19H19ClN2O4/c1-11(13-5-3-4-6-15(13)20)21-9-19(24)22-16-8-18-17(25-10-26-18)7-14(16)12(2)23/h3-8,11,21H,9-10H2,1-2H3,(H,22,24)/t11-/m0/s1. The first kappa shape index (κ1) is 18.2. The molecule has 26 heavy (non-hydrogen) atoms. The highest BCUT2D eigenvalue weighted by Gasteiger charge is 2.20. The number of nitrogens with one attached hydrogen (secondary N) is 2. The molecule has 7 heteroatoms. The summed E-state index contributed by atoms with van der Waals surface area (Å²) < 4.78 is 10.6. The number of rotatable bonds is 6. The fourth-order valence-electron chi connectivity index (χ4n) is 2.71. The minimum Gasteiger partial charge on any atom is -0.454 e. The van der Waals surface area contributed by atoms with Gasteiger partial charge in [0.15, 0.2) is 17.3 Å². The first-order chi connectivity index (χ1) is 12.5. The number of carbonyl (C=O) groups excluding carboxylic acids is 2. The molecular weight excluding hydrogens is 356 g/mol. The van der Waals surface area contributed by atoms with Gasteiger partial charge in [-0.3, -0.25) is 9.59 Å². The van der Waals surface area contributed by atoms with E-state index in [0.717, 1.165) is 5.56 Å². The van der Waals surface area contributed by atoms with Gasteiger partial charge < -0.3 is 20.1 Å². The number of fused-ring (bicyclic) bond motifs is 1. The van der Waals surface area contributed by atoms with Gasteiger partial charge in [0.25, 0.3) is 0 Å². The molecule has 0 radical (unpaired) electrons. The average Bonchev–Trinajstić information content (AvgIpc) is 3.06. The number of Topliss-reactive ketones (excluding diaryl/α,β-unsaturated/α-hetero) is 1. The summed E-state index contributed by atoms with van der Waals surface area (Å²) in [6.45, 7) is 3.53. The minimum atomic E-state index is -0.273. The van der Waals surface area contributed by atoms with E-state index in [1.807, 2.05) is 25.1 Å². The first-order valence-corrected chi connectivity index (χ1v) is 8.55. The molecule has 0 saturated carbocycles. The van der Waals surface area contributed by atoms with E-state index in [4.69, 9.17) is 21.1 Å². The van der Waals surface area contributed by atoms with Crippen LogP contribution >= 0.6 is 11.6 Å². The second-order valence-corrected chi connectivity index (χ2v) is 6.39. The third-order valence-corrected chi connectivity index (χ3v) is 4.45. The van der Waals surface area contributed by atoms with Crippen molar-refractivity contribution < 1.29 is 19.1 Å². The molecule has 0 saturated heterocycles. The Bertz CT molecular complexity index is 853. The lowest BCUT2D eigenvalue weighted by molar-refractivity contribution is -0.115. The number of ether oxygens (including phenoxy) is 2. The molecule has 1 aliphatic heterocycles. The predicted molar refractivity (Wildman–Crippen MR) is 99.1 cm³/mol. The van der Waals surface area contributed by atoms with Crippen LogP contribution in [0.2, 0.25) is 5.02 Å². The van der Waals surface area contributed by atoms with E-state index in [9.17, 15) is 9.59 Å². The molecule has 0 fully saturated rings. The highest BCUT2D eigenvalue weighted by atomic mass is 35.5. The Balaban J connectivity index is 1.67. The van der Waals surface area contributed by atoms with Gasteiger partial charge in [-0.05, 0) is 31.5 Å². The van der Waals surface area contributed by atoms with Crippen LogP contribution in [0.1, 0.15) is 35.8 Å². The van der Waals surface area contributed by atoms with E-state index < -0.39 is 0 Å². The van der Waals surface area contributed by atoms with Crippen LogP contribution in [-0.2, 0) is 4.79 Å². The van der Waals surface area contributed by atoms with E-state index in [0.29, 0.717) is 27.8 Å². The fraction of sp³-hybridized carbons (Fsp3) is 0.263. The number of hydrogen-bond acceptors (Lipinski definition) is 5. The first-order valence-electron chi connectivity index (χ1n) is 8.18. The van der Waals surface area contributed by atoms with Crippen molar-refractivity contribution >= 4 is 29.0 Å². The normalized spacial score (nSPS) is 13.3. The predicted octanol–water partition coefficient (Wildman–Crippen LogP) is 3.56. The zero-order chi connectivity index (χ0) is 18.7. The zero-order valence-corrected chi connectivity index (χ0v) is 15.2. The number of carbonyl (C=O) groups is 2. The molecule has 136 valence electrons. The van der Waals surface area contributed by atoms with Gasteiger partial charge in [0.05, 0.1) is 12.2 Å². The maximum Gasteiger partial charge on any atom is 0.238 e. The van der Waals surface area contributed by atoms with Gasteiger partial charge in [-0.2, -0.15) is 0 Å². The van der Waals surface area contributed by atoms with Gasteiger partial charge in [-0.25, -0.2) is 0 Å². The third-order valence-electron chi connectivity index (χ3n) is 4.11. The van der Waals surface area contributed by atoms with Crippen LogP contribution in [0.4, 0.5) is 5.69 Å². The molecule has 1 atom stereocenters. The van der Waals surface area contributed by atoms with Gasteiger partial charge in [-0.1, -0.05) is 29.8 Å². The lowest BCUT2D eigenvalue weighted by atomic mass is 10.1. The summed E-state index contributed by atoms with van der Waals surface area (Å²) in [5, 5.41) is 6.52. The molecule has 0 bridgehead atoms. The Morgan fingerprint density at radius 1 is 1.19 bits per heavy atom. The van der Waals surface area contributed by atoms with Crippen LogP contribution in [-0.4, -0.2) is 25.0 Å². The summed E-state index contributed by atoms with van der Waals surface area (Å²) in [7, 11) is 0. The Morgan fingerprint density at radius 3 is 2.58 bits per heavy atom. The van der Waals surface area contributed by atoms with Crippen molar-refractivity contribution in [1.29, 1.82) is 0 Å². The summed E-state index contributed by atoms with van der Waals surface area (Å²) in [4.78, 5) is 24.2. The van der Waals surface area contributed by atoms with Crippen LogP contribution in [0.5, 0.6) is 11.5 Å². The number of benzene rings is 2. The van der Waals surface area contributed by atoms with Crippen molar-refractivity contribution in [2.75, 3.05) is 18.7 Å². The van der Waals surface area contributed by atoms with Gasteiger partial charge in [0.1, 0.15) is 0 Å². The quantitative estimate of drug-likeness (QED) is 0.756. The Labute approximate surface area is 156 Å². The maximum atomic E-state index is 12.3. The van der Waals surface area contributed by atoms with Crippen molar-refractivity contribution in [2.24, 2.45) is 0 Å². The molecule has 6 nitrogen and oxygen atoms in total. The summed E-state index contributed by atoms with van der Waals surface area (Å²) in [6, 6.07) is 10.6. The summed E-state index contributed by atoms with van der Waals surface area (Å²) in [5.41, 5.74) is 1.69. The van der Waals surface area contributed by atoms with Crippen molar-refractivity contribution in [1.82, 2.24) is 5.32 Å². The Kier molecular flexibility index (Phi) is 5.44. The Morgan fingerprint density at radius 2 is 1.88 bits per heavy atom. The third kappa shape index (κ3) is 3.98. The lowest BCUT2D eigenvalue weighted by Crippen LogP contribution is -2.30. The van der Waals surface area contributed by atoms with E-state index in [-0.39, 0.29) is 31.1 Å². The lowest BCUT2D eigenvalue weighted by Gasteiger charge is -2.16. The number of anilines is 1. The Hall–Kier alpha value is -2.57. The number of amides is 1. The molecule has 1 heterocycles. The van der Waals surface area contributed by atoms with Crippen LogP contribution < -0.4 is 20.1 Å². The van der Waals surface area contributed by atoms with E-state index in [1.165, 1.54) is 6.92 Å². The van der Waals surface area contributed by atoms with Crippen molar-refractivity contribution in [3.05, 3.63) is 52.5 Å². The molecule has 1 aliphatic rings. The molecule has 2 N–H and O–H groups in total. The summed E-state index contributed by atoms with van der Waals surface area (Å²) >= 11 is 6.17. The monoisotopic (exact) mass is 374 g/mol. The van der Waals surface area contributed by atoms with Crippen LogP contribution in [0, 0.1) is 0 Å². The molecule has 2 aromatic carbocycles. The topological polar surface area (TPSA) is 76.7 Å². The largest absolute Gasteiger partial charge is 0.454 e. The van der Waals surface area contributed by atoms with Gasteiger partial charge in [0.2, 0.25) is 12.7 Å². The fourth-order valence-corrected chi connectivity index (χ4v) is 3.01. The smallest absolute Gasteiger partial charge is 0.238 e. The van der Waals surface area contributed by atoms with Crippen molar-refractivity contribution in [3.8, 4) is 11.5 Å². The maximum absolute atomic E-state index is 12.3. The SMILES string of the molecule is CC(=O)c1cc2c(cc1NC(=O)CN[C@@H](C)c1ccccc1Cl)OCO2. The van der Waals surface area contributed by atoms with Crippen molar-refractivity contribution in [3.63, 3.8) is 0 Å². The number of hydrogen-bond donors (Lipinski definition) is 2. The molecule has 1 amide bonds. The molecule has 0 spiro atoms. The molecule has 0 unspecified atom stereocenters. The molecular formula is C19H19ClN2O4. The number of halogens is 1. The summed E-state index contributed by atoms with van der Waals surface area (Å²) in [5.74, 6) is 0.558. The average molecular weight is 375 g/mol. The number of ketones is 1. The van der Waals surface area contributed by atoms with Crippen LogP contribution in [0.3, 0.4) is 0 Å². The van der Waals surface area contributed by atoms with Gasteiger partial charge >= 0.3 is 0 Å². The van der Waals surface area contributed by atoms with E-state index >= 15 is 0 Å². The zero-order valence-electron chi connectivity index (χ0n) is 14.5. The second kappa shape index (κ2) is 7.76. The molecule has 3 rings (SSSR count).